The van der Waals surface area contributed by atoms with Gasteiger partial charge in [0.1, 0.15) is 0 Å². The largest absolute Gasteiger partial charge is 0.309 e. The van der Waals surface area contributed by atoms with Crippen LogP contribution in [0.4, 0.5) is 0 Å². The van der Waals surface area contributed by atoms with Crippen LogP contribution in [-0.2, 0) is 0 Å². The summed E-state index contributed by atoms with van der Waals surface area (Å²) in [5.74, 6) is 0. The van der Waals surface area contributed by atoms with E-state index in [1.807, 2.05) is 6.07 Å². The SMILES string of the molecule is [2H]c1ccc(-c2ccc(-n3c4c([2H])c([2H])c([2H])c([2H])c4c4c([2H])c(-c5c([2H])c([2H])c6c(c5[2H])c5c([2H])c([2H])c([2H])c([2H])c5n6-c5ccc([2H])c(-c6ccccc6)c5)c([2H])c([2H])c43)cc2[2H])c([2H])c1. The van der Waals surface area contributed by atoms with Gasteiger partial charge in [0.05, 0.1) is 46.7 Å². The second kappa shape index (κ2) is 11.5. The fourth-order valence-corrected chi connectivity index (χ4v) is 6.41. The molecule has 10 rings (SSSR count). The molecule has 2 aromatic heterocycles. The molecule has 0 spiro atoms. The summed E-state index contributed by atoms with van der Waals surface area (Å²) in [4.78, 5) is 0. The molecule has 0 atom stereocenters. The minimum atomic E-state index is -0.719. The van der Waals surface area contributed by atoms with Crippen molar-refractivity contribution in [2.75, 3.05) is 0 Å². The van der Waals surface area contributed by atoms with Crippen molar-refractivity contribution in [2.45, 2.75) is 0 Å². The predicted molar refractivity (Wildman–Crippen MR) is 211 cm³/mol. The van der Waals surface area contributed by atoms with Crippen molar-refractivity contribution in [1.82, 2.24) is 9.13 Å². The van der Waals surface area contributed by atoms with Crippen molar-refractivity contribution in [3.63, 3.8) is 0 Å². The van der Waals surface area contributed by atoms with Gasteiger partial charge in [0.2, 0.25) is 0 Å². The Morgan fingerprint density at radius 1 is 0.320 bits per heavy atom. The topological polar surface area (TPSA) is 9.86 Å². The standard InChI is InChI=1S/C48H32N2/c1-3-12-33(13-4-1)35-22-26-39(27-23-35)49-45-20-9-7-18-41(45)43-31-37(24-28-47(43)49)38-25-29-48-44(32-38)42-19-8-10-21-46(42)50(48)40-17-11-16-36(30-40)34-14-5-2-6-15-34/h1-32H/i1D,7D,8D,9D,10D,12D,16D,18D,19D,20D,21D,22D,24D,25D,28D,29D,31D,32D. The molecule has 0 radical (unpaired) electrons. The van der Waals surface area contributed by atoms with Gasteiger partial charge in [0, 0.05) is 32.9 Å². The van der Waals surface area contributed by atoms with Crippen molar-refractivity contribution in [1.29, 1.82) is 0 Å². The molecule has 0 fully saturated rings. The lowest BCUT2D eigenvalue weighted by Crippen LogP contribution is -1.94. The normalized spacial score (nSPS) is 16.6. The second-order valence-electron chi connectivity index (χ2n) is 11.6. The number of hydrogen-bond donors (Lipinski definition) is 0. The molecule has 50 heavy (non-hydrogen) atoms. The molecule has 0 unspecified atom stereocenters. The zero-order valence-corrected chi connectivity index (χ0v) is 26.0. The minimum Gasteiger partial charge on any atom is -0.309 e. The number of rotatable bonds is 5. The maximum absolute atomic E-state index is 9.83. The third kappa shape index (κ3) is 4.57. The van der Waals surface area contributed by atoms with Crippen molar-refractivity contribution >= 4 is 43.6 Å². The third-order valence-electron chi connectivity index (χ3n) is 8.70. The quantitative estimate of drug-likeness (QED) is 0.175. The van der Waals surface area contributed by atoms with Gasteiger partial charge in [0.25, 0.3) is 0 Å². The fourth-order valence-electron chi connectivity index (χ4n) is 6.41. The van der Waals surface area contributed by atoms with Gasteiger partial charge in [0.15, 0.2) is 0 Å². The number of fused-ring (bicyclic) bond motifs is 6. The van der Waals surface area contributed by atoms with E-state index in [0.29, 0.717) is 22.3 Å². The first-order valence-corrected chi connectivity index (χ1v) is 15.7. The first-order chi connectivity index (χ1) is 32.3. The number of benzene rings is 8. The zero-order chi connectivity index (χ0) is 48.7. The van der Waals surface area contributed by atoms with Gasteiger partial charge < -0.3 is 9.13 Å². The molecule has 234 valence electrons. The van der Waals surface area contributed by atoms with E-state index < -0.39 is 95.7 Å². The highest BCUT2D eigenvalue weighted by Crippen LogP contribution is 2.39. The van der Waals surface area contributed by atoms with Gasteiger partial charge in [-0.2, -0.15) is 0 Å². The first kappa shape index (κ1) is 15.7. The summed E-state index contributed by atoms with van der Waals surface area (Å²) < 4.78 is 166. The molecule has 8 aromatic carbocycles. The summed E-state index contributed by atoms with van der Waals surface area (Å²) >= 11 is 0. The monoisotopic (exact) mass is 654 g/mol. The van der Waals surface area contributed by atoms with Gasteiger partial charge in [-0.25, -0.2) is 0 Å². The Balaban J connectivity index is 1.32. The molecule has 2 heterocycles. The van der Waals surface area contributed by atoms with E-state index >= 15 is 0 Å². The van der Waals surface area contributed by atoms with E-state index in [0.717, 1.165) is 0 Å². The summed E-state index contributed by atoms with van der Waals surface area (Å²) in [6.45, 7) is 0. The van der Waals surface area contributed by atoms with E-state index in [4.69, 9.17) is 16.4 Å². The summed E-state index contributed by atoms with van der Waals surface area (Å²) in [6, 6.07) is 13.7. The molecule has 0 saturated carbocycles. The van der Waals surface area contributed by atoms with Crippen LogP contribution in [0.3, 0.4) is 0 Å². The molecular formula is C48H32N2. The number of para-hydroxylation sites is 2. The Labute approximate surface area is 316 Å². The summed E-state index contributed by atoms with van der Waals surface area (Å²) in [6.07, 6.45) is 0. The van der Waals surface area contributed by atoms with Crippen LogP contribution in [0.25, 0.3) is 88.4 Å². The molecule has 0 bridgehead atoms. The predicted octanol–water partition coefficient (Wildman–Crippen LogP) is 12.9. The van der Waals surface area contributed by atoms with Crippen LogP contribution >= 0.6 is 0 Å². The lowest BCUT2D eigenvalue weighted by molar-refractivity contribution is 1.18. The highest BCUT2D eigenvalue weighted by atomic mass is 15.0. The minimum absolute atomic E-state index is 0.00938. The average molecular weight is 655 g/mol. The smallest absolute Gasteiger partial charge is 0.0645 e. The van der Waals surface area contributed by atoms with Crippen LogP contribution in [0.15, 0.2) is 194 Å². The van der Waals surface area contributed by atoms with E-state index in [2.05, 4.69) is 0 Å². The highest BCUT2D eigenvalue weighted by molar-refractivity contribution is 6.12. The number of aromatic nitrogens is 2. The van der Waals surface area contributed by atoms with Crippen LogP contribution in [-0.4, -0.2) is 9.13 Å². The molecule has 2 heteroatoms. The van der Waals surface area contributed by atoms with Gasteiger partial charge in [-0.15, -0.1) is 0 Å². The van der Waals surface area contributed by atoms with Crippen LogP contribution in [0.2, 0.25) is 0 Å². The highest BCUT2D eigenvalue weighted by Gasteiger charge is 2.16. The second-order valence-corrected chi connectivity index (χ2v) is 11.6. The van der Waals surface area contributed by atoms with Crippen molar-refractivity contribution < 1.29 is 24.7 Å². The Morgan fingerprint density at radius 3 is 1.60 bits per heavy atom. The van der Waals surface area contributed by atoms with Gasteiger partial charge in [-0.3, -0.25) is 0 Å². The van der Waals surface area contributed by atoms with Gasteiger partial charge in [-0.05, 0) is 93.9 Å². The van der Waals surface area contributed by atoms with E-state index in [9.17, 15) is 8.22 Å². The molecule has 2 nitrogen and oxygen atoms in total. The Bertz CT molecular complexity index is 3900. The average Bonchev–Trinajstić information content (AvgIpc) is 3.88. The maximum atomic E-state index is 9.83. The number of nitrogens with zero attached hydrogens (tertiary/aromatic N) is 2. The summed E-state index contributed by atoms with van der Waals surface area (Å²) in [5.41, 5.74) is 0.383. The van der Waals surface area contributed by atoms with Crippen molar-refractivity contribution in [2.24, 2.45) is 0 Å². The Hall–Kier alpha value is -6.64. The molecule has 0 saturated heterocycles. The van der Waals surface area contributed by atoms with Crippen LogP contribution in [0.1, 0.15) is 24.7 Å². The van der Waals surface area contributed by atoms with E-state index in [1.54, 1.807) is 30.3 Å². The van der Waals surface area contributed by atoms with Crippen LogP contribution < -0.4 is 0 Å². The molecule has 0 amide bonds. The Kier molecular flexibility index (Phi) is 3.62. The molecule has 0 aliphatic heterocycles. The Morgan fingerprint density at radius 2 is 0.920 bits per heavy atom. The van der Waals surface area contributed by atoms with Crippen LogP contribution in [0, 0.1) is 0 Å². The van der Waals surface area contributed by atoms with Crippen LogP contribution in [0.5, 0.6) is 0 Å². The van der Waals surface area contributed by atoms with E-state index in [1.165, 1.54) is 57.7 Å². The molecule has 0 N–H and O–H groups in total. The van der Waals surface area contributed by atoms with Gasteiger partial charge >= 0.3 is 0 Å². The number of hydrogen-bond acceptors (Lipinski definition) is 0. The molecule has 0 aliphatic rings. The summed E-state index contributed by atoms with van der Waals surface area (Å²) in [5, 5.41) is -0.897. The molecular weight excluding hydrogens is 605 g/mol. The van der Waals surface area contributed by atoms with Gasteiger partial charge in [-0.1, -0.05) is 133 Å². The molecule has 10 aromatic rings. The lowest BCUT2D eigenvalue weighted by Gasteiger charge is -2.11. The maximum Gasteiger partial charge on any atom is 0.0645 e. The zero-order valence-electron chi connectivity index (χ0n) is 44.0. The molecule has 0 aliphatic carbocycles. The van der Waals surface area contributed by atoms with E-state index in [-0.39, 0.29) is 79.2 Å². The lowest BCUT2D eigenvalue weighted by atomic mass is 10.0. The summed E-state index contributed by atoms with van der Waals surface area (Å²) in [7, 11) is 0. The van der Waals surface area contributed by atoms with Crippen molar-refractivity contribution in [3.8, 4) is 44.8 Å². The third-order valence-corrected chi connectivity index (χ3v) is 8.70. The first-order valence-electron chi connectivity index (χ1n) is 24.7. The fraction of sp³-hybridized carbons (Fsp3) is 0. The van der Waals surface area contributed by atoms with Crippen molar-refractivity contribution in [3.05, 3.63) is 194 Å².